The van der Waals surface area contributed by atoms with Crippen molar-refractivity contribution in [2.75, 3.05) is 5.73 Å². The number of rotatable bonds is 6. The number of anilines is 1. The summed E-state index contributed by atoms with van der Waals surface area (Å²) in [5.41, 5.74) is 8.79. The van der Waals surface area contributed by atoms with Gasteiger partial charge in [-0.15, -0.1) is 0 Å². The molecule has 0 saturated heterocycles. The number of carboxylic acids is 2. The van der Waals surface area contributed by atoms with Crippen LogP contribution in [0.4, 0.5) is 32.0 Å². The third kappa shape index (κ3) is 13.3. The van der Waals surface area contributed by atoms with Crippen LogP contribution in [0, 0.1) is 0 Å². The lowest BCUT2D eigenvalue weighted by Crippen LogP contribution is -2.21. The van der Waals surface area contributed by atoms with E-state index >= 15 is 0 Å². The van der Waals surface area contributed by atoms with Crippen molar-refractivity contribution in [2.24, 2.45) is 0 Å². The highest BCUT2D eigenvalue weighted by Gasteiger charge is 2.38. The molecule has 13 heteroatoms. The van der Waals surface area contributed by atoms with Gasteiger partial charge in [0.2, 0.25) is 0 Å². The molecule has 0 radical (unpaired) electrons. The van der Waals surface area contributed by atoms with Crippen molar-refractivity contribution in [3.8, 4) is 11.5 Å². The van der Waals surface area contributed by atoms with Gasteiger partial charge in [0.05, 0.1) is 0 Å². The fourth-order valence-corrected chi connectivity index (χ4v) is 2.24. The SMILES string of the molecule is Nc1cc(OCc2ccccc2)cc(OCc2ccccc2)c1.O=C(O)C(F)(F)F.O=C(O)C(F)(F)F. The average molecular weight is 533 g/mol. The number of nitrogen functional groups attached to an aromatic ring is 1. The molecular weight excluding hydrogens is 512 g/mol. The Bertz CT molecular complexity index is 1040. The van der Waals surface area contributed by atoms with Gasteiger partial charge in [0.15, 0.2) is 0 Å². The Kier molecular flexibility index (Phi) is 11.8. The van der Waals surface area contributed by atoms with Crippen molar-refractivity contribution in [3.05, 3.63) is 90.0 Å². The second-order valence-corrected chi connectivity index (χ2v) is 6.89. The maximum atomic E-state index is 10.6. The zero-order valence-electron chi connectivity index (χ0n) is 18.8. The van der Waals surface area contributed by atoms with Crippen LogP contribution in [0.25, 0.3) is 0 Å². The van der Waals surface area contributed by atoms with Gasteiger partial charge in [-0.3, -0.25) is 0 Å². The first-order valence-corrected chi connectivity index (χ1v) is 10.0. The van der Waals surface area contributed by atoms with Crippen LogP contribution < -0.4 is 15.2 Å². The maximum Gasteiger partial charge on any atom is 0.490 e. The van der Waals surface area contributed by atoms with Crippen LogP contribution >= 0.6 is 0 Å². The highest BCUT2D eigenvalue weighted by Crippen LogP contribution is 2.26. The quantitative estimate of drug-likeness (QED) is 0.275. The molecule has 0 unspecified atom stereocenters. The number of carbonyl (C=O) groups is 2. The van der Waals surface area contributed by atoms with E-state index in [0.29, 0.717) is 30.4 Å². The Labute approximate surface area is 206 Å². The Morgan fingerprint density at radius 2 is 0.946 bits per heavy atom. The Morgan fingerprint density at radius 3 is 1.22 bits per heavy atom. The minimum absolute atomic E-state index is 0.502. The van der Waals surface area contributed by atoms with Crippen LogP contribution in [0.1, 0.15) is 11.1 Å². The molecule has 0 aliphatic rings. The number of alkyl halides is 6. The van der Waals surface area contributed by atoms with Gasteiger partial charge in [-0.2, -0.15) is 26.3 Å². The second kappa shape index (κ2) is 14.2. The number of ether oxygens (including phenoxy) is 2. The van der Waals surface area contributed by atoms with Crippen molar-refractivity contribution in [1.82, 2.24) is 0 Å². The van der Waals surface area contributed by atoms with E-state index in [4.69, 9.17) is 35.0 Å². The third-order valence-corrected chi connectivity index (χ3v) is 3.88. The molecule has 0 aromatic heterocycles. The highest BCUT2D eigenvalue weighted by molar-refractivity contribution is 5.73. The zero-order chi connectivity index (χ0) is 28.1. The minimum Gasteiger partial charge on any atom is -0.489 e. The van der Waals surface area contributed by atoms with Gasteiger partial charge >= 0.3 is 24.3 Å². The van der Waals surface area contributed by atoms with Crippen LogP contribution in [-0.4, -0.2) is 34.5 Å². The molecule has 0 heterocycles. The molecule has 4 N–H and O–H groups in total. The van der Waals surface area contributed by atoms with E-state index in [2.05, 4.69) is 0 Å². The standard InChI is InChI=1S/C20H19NO2.2C2HF3O2/c21-18-11-19(22-14-16-7-3-1-4-8-16)13-20(12-18)23-15-17-9-5-2-6-10-17;2*3-2(4,5)1(6)7/h1-13H,14-15,21H2;2*(H,6,7). The van der Waals surface area contributed by atoms with Gasteiger partial charge < -0.3 is 25.4 Å². The van der Waals surface area contributed by atoms with Crippen molar-refractivity contribution in [3.63, 3.8) is 0 Å². The fraction of sp³-hybridized carbons (Fsp3) is 0.167. The first-order valence-electron chi connectivity index (χ1n) is 10.0. The lowest BCUT2D eigenvalue weighted by atomic mass is 10.2. The summed E-state index contributed by atoms with van der Waals surface area (Å²) < 4.78 is 75.1. The number of halogens is 6. The van der Waals surface area contributed by atoms with Crippen molar-refractivity contribution >= 4 is 17.6 Å². The minimum atomic E-state index is -5.08. The molecule has 0 atom stereocenters. The molecule has 37 heavy (non-hydrogen) atoms. The predicted molar refractivity (Wildman–Crippen MR) is 120 cm³/mol. The van der Waals surface area contributed by atoms with Crippen molar-refractivity contribution in [2.45, 2.75) is 25.6 Å². The molecule has 0 saturated carbocycles. The first kappa shape index (κ1) is 30.6. The number of aliphatic carboxylic acids is 2. The number of hydrogen-bond donors (Lipinski definition) is 3. The molecule has 0 aliphatic heterocycles. The monoisotopic (exact) mass is 533 g/mol. The molecule has 0 spiro atoms. The van der Waals surface area contributed by atoms with E-state index < -0.39 is 24.3 Å². The summed E-state index contributed by atoms with van der Waals surface area (Å²) in [7, 11) is 0. The largest absolute Gasteiger partial charge is 0.490 e. The summed E-state index contributed by atoms with van der Waals surface area (Å²) in [6, 6.07) is 25.5. The molecule has 7 nitrogen and oxygen atoms in total. The van der Waals surface area contributed by atoms with E-state index in [-0.39, 0.29) is 0 Å². The molecule has 0 bridgehead atoms. The molecular formula is C24H21F6NO6. The van der Waals surface area contributed by atoms with Gasteiger partial charge in [-0.05, 0) is 11.1 Å². The molecule has 3 rings (SSSR count). The Hall–Kier alpha value is -4.42. The summed E-state index contributed by atoms with van der Waals surface area (Å²) in [6.07, 6.45) is -10.2. The van der Waals surface area contributed by atoms with Gasteiger partial charge in [0.25, 0.3) is 0 Å². The van der Waals surface area contributed by atoms with Crippen LogP contribution in [0.15, 0.2) is 78.9 Å². The van der Waals surface area contributed by atoms with Crippen LogP contribution in [0.3, 0.4) is 0 Å². The number of nitrogens with two attached hydrogens (primary N) is 1. The highest BCUT2D eigenvalue weighted by atomic mass is 19.4. The average Bonchev–Trinajstić information content (AvgIpc) is 2.82. The van der Waals surface area contributed by atoms with E-state index in [1.165, 1.54) is 0 Å². The van der Waals surface area contributed by atoms with Crippen molar-refractivity contribution < 1.29 is 55.6 Å². The summed E-state index contributed by atoms with van der Waals surface area (Å²) in [5, 5.41) is 14.2. The van der Waals surface area contributed by atoms with Gasteiger partial charge in [0.1, 0.15) is 24.7 Å². The zero-order valence-corrected chi connectivity index (χ0v) is 18.8. The second-order valence-electron chi connectivity index (χ2n) is 6.89. The van der Waals surface area contributed by atoms with E-state index in [0.717, 1.165) is 11.1 Å². The van der Waals surface area contributed by atoms with E-state index in [1.54, 1.807) is 12.1 Å². The van der Waals surface area contributed by atoms with Gasteiger partial charge in [0, 0.05) is 23.9 Å². The smallest absolute Gasteiger partial charge is 0.489 e. The van der Waals surface area contributed by atoms with Crippen LogP contribution in [0.2, 0.25) is 0 Å². The predicted octanol–water partition coefficient (Wildman–Crippen LogP) is 5.69. The summed E-state index contributed by atoms with van der Waals surface area (Å²) in [4.78, 5) is 17.8. The summed E-state index contributed by atoms with van der Waals surface area (Å²) in [5.74, 6) is -4.10. The first-order chi connectivity index (χ1) is 17.2. The van der Waals surface area contributed by atoms with Crippen LogP contribution in [-0.2, 0) is 22.8 Å². The van der Waals surface area contributed by atoms with Crippen molar-refractivity contribution in [1.29, 1.82) is 0 Å². The number of hydrogen-bond acceptors (Lipinski definition) is 5. The maximum absolute atomic E-state index is 10.6. The lowest BCUT2D eigenvalue weighted by molar-refractivity contribution is -0.193. The lowest BCUT2D eigenvalue weighted by Gasteiger charge is -2.11. The topological polar surface area (TPSA) is 119 Å². The molecule has 0 amide bonds. The fourth-order valence-electron chi connectivity index (χ4n) is 2.24. The van der Waals surface area contributed by atoms with E-state index in [1.807, 2.05) is 66.7 Å². The number of carboxylic acid groups (broad SMARTS) is 2. The van der Waals surface area contributed by atoms with Gasteiger partial charge in [-0.1, -0.05) is 60.7 Å². The molecule has 0 aliphatic carbocycles. The Balaban J connectivity index is 0.000000404. The number of benzene rings is 3. The Morgan fingerprint density at radius 1 is 0.649 bits per heavy atom. The summed E-state index contributed by atoms with van der Waals surface area (Å²) >= 11 is 0. The van der Waals surface area contributed by atoms with E-state index in [9.17, 15) is 26.3 Å². The summed E-state index contributed by atoms with van der Waals surface area (Å²) in [6.45, 7) is 1.00. The van der Waals surface area contributed by atoms with Gasteiger partial charge in [-0.25, -0.2) is 9.59 Å². The molecule has 3 aromatic carbocycles. The molecule has 0 fully saturated rings. The third-order valence-electron chi connectivity index (χ3n) is 3.88. The van der Waals surface area contributed by atoms with Crippen LogP contribution in [0.5, 0.6) is 11.5 Å². The molecule has 3 aromatic rings. The normalized spacial score (nSPS) is 10.6. The molecule has 200 valence electrons.